The number of pyridine rings is 1. The smallest absolute Gasteiger partial charge is 0.477 e. The molecule has 0 aliphatic carbocycles. The number of amides is 1. The Morgan fingerprint density at radius 1 is 1.16 bits per heavy atom. The number of carbonyl (C=O) groups excluding carboxylic acids is 2. The molecule has 2 fully saturated rings. The van der Waals surface area contributed by atoms with Crippen LogP contribution in [0, 0.1) is 0 Å². The highest BCUT2D eigenvalue weighted by Crippen LogP contribution is 2.36. The Labute approximate surface area is 212 Å². The zero-order chi connectivity index (χ0) is 26.6. The average Bonchev–Trinajstić information content (AvgIpc) is 3.29. The molecule has 1 amide bonds. The van der Waals surface area contributed by atoms with Gasteiger partial charge in [0, 0.05) is 31.9 Å². The quantitative estimate of drug-likeness (QED) is 0.585. The molecule has 1 N–H and O–H groups in total. The van der Waals surface area contributed by atoms with Crippen LogP contribution in [-0.2, 0) is 19.8 Å². The molecule has 4 rings (SSSR count). The maximum absolute atomic E-state index is 13.6. The lowest BCUT2D eigenvalue weighted by molar-refractivity contribution is -0.242. The minimum absolute atomic E-state index is 0.0492. The van der Waals surface area contributed by atoms with Crippen LogP contribution in [0.15, 0.2) is 30.5 Å². The van der Waals surface area contributed by atoms with Gasteiger partial charge in [-0.3, -0.25) is 4.79 Å². The summed E-state index contributed by atoms with van der Waals surface area (Å²) in [5.74, 6) is -2.15. The molecule has 0 spiro atoms. The Bertz CT molecular complexity index is 1110. The maximum Gasteiger partial charge on any atom is 0.492 e. The van der Waals surface area contributed by atoms with Crippen LogP contribution in [0.25, 0.3) is 11.3 Å². The number of nitrogens with one attached hydrogen (secondary N) is 1. The van der Waals surface area contributed by atoms with E-state index in [1.165, 1.54) is 0 Å². The van der Waals surface area contributed by atoms with Crippen LogP contribution in [0.5, 0.6) is 5.88 Å². The molecule has 2 aromatic heterocycles. The maximum atomic E-state index is 13.6. The van der Waals surface area contributed by atoms with Gasteiger partial charge in [0.05, 0.1) is 29.0 Å². The standard InChI is InChI=1S/C24H29F3N6O4/c1-3-36-20-17(5-4-11-28-20)18-6-7-19(31-30-18)23(21(34)29-16-8-12-32(2)15-16)9-13-33(14-10-23)37-22(35)24(25,26)27/h4-7,11,16H,3,8-10,12-15H2,1-2H3,(H,29,34)/t16-/m0/s1. The van der Waals surface area contributed by atoms with E-state index in [0.29, 0.717) is 36.0 Å². The molecule has 2 saturated heterocycles. The fraction of sp³-hybridized carbons (Fsp3) is 0.542. The van der Waals surface area contributed by atoms with E-state index in [-0.39, 0.29) is 37.9 Å². The highest BCUT2D eigenvalue weighted by Gasteiger charge is 2.48. The van der Waals surface area contributed by atoms with Gasteiger partial charge in [-0.25, -0.2) is 9.78 Å². The van der Waals surface area contributed by atoms with E-state index in [9.17, 15) is 22.8 Å². The number of rotatable bonds is 7. The molecule has 0 aromatic carbocycles. The fourth-order valence-electron chi connectivity index (χ4n) is 4.67. The van der Waals surface area contributed by atoms with E-state index >= 15 is 0 Å². The summed E-state index contributed by atoms with van der Waals surface area (Å²) >= 11 is 0. The van der Waals surface area contributed by atoms with Crippen molar-refractivity contribution < 1.29 is 32.3 Å². The second-order valence-corrected chi connectivity index (χ2v) is 9.20. The number of carbonyl (C=O) groups is 2. The van der Waals surface area contributed by atoms with Gasteiger partial charge in [0.2, 0.25) is 11.8 Å². The molecular weight excluding hydrogens is 493 g/mol. The number of hydroxylamine groups is 2. The van der Waals surface area contributed by atoms with Crippen molar-refractivity contribution in [3.63, 3.8) is 0 Å². The van der Waals surface area contributed by atoms with Crippen LogP contribution >= 0.6 is 0 Å². The van der Waals surface area contributed by atoms with Gasteiger partial charge in [-0.2, -0.15) is 23.4 Å². The van der Waals surface area contributed by atoms with Crippen molar-refractivity contribution in [2.45, 2.75) is 43.8 Å². The van der Waals surface area contributed by atoms with Gasteiger partial charge in [0.15, 0.2) is 0 Å². The lowest BCUT2D eigenvalue weighted by atomic mass is 9.74. The summed E-state index contributed by atoms with van der Waals surface area (Å²) in [5, 5.41) is 12.7. The summed E-state index contributed by atoms with van der Waals surface area (Å²) < 4.78 is 43.6. The van der Waals surface area contributed by atoms with E-state index in [2.05, 4.69) is 30.2 Å². The first kappa shape index (κ1) is 26.7. The predicted octanol–water partition coefficient (Wildman–Crippen LogP) is 2.11. The first-order valence-corrected chi connectivity index (χ1v) is 12.1. The third-order valence-electron chi connectivity index (χ3n) is 6.66. The molecule has 0 radical (unpaired) electrons. The van der Waals surface area contributed by atoms with E-state index in [1.54, 1.807) is 30.5 Å². The predicted molar refractivity (Wildman–Crippen MR) is 125 cm³/mol. The Kier molecular flexibility index (Phi) is 7.93. The monoisotopic (exact) mass is 522 g/mol. The van der Waals surface area contributed by atoms with Gasteiger partial charge in [0.25, 0.3) is 0 Å². The summed E-state index contributed by atoms with van der Waals surface area (Å²) in [4.78, 5) is 35.8. The highest BCUT2D eigenvalue weighted by atomic mass is 19.4. The summed E-state index contributed by atoms with van der Waals surface area (Å²) in [7, 11) is 1.97. The first-order chi connectivity index (χ1) is 17.6. The van der Waals surface area contributed by atoms with Crippen LogP contribution in [0.2, 0.25) is 0 Å². The van der Waals surface area contributed by atoms with Crippen LogP contribution in [-0.4, -0.2) is 89.1 Å². The highest BCUT2D eigenvalue weighted by molar-refractivity contribution is 5.88. The Morgan fingerprint density at radius 2 is 1.92 bits per heavy atom. The summed E-state index contributed by atoms with van der Waals surface area (Å²) in [6, 6.07) is 6.92. The Balaban J connectivity index is 1.58. The van der Waals surface area contributed by atoms with Crippen molar-refractivity contribution in [3.8, 4) is 17.1 Å². The molecule has 2 aliphatic heterocycles. The van der Waals surface area contributed by atoms with Gasteiger partial charge >= 0.3 is 12.1 Å². The summed E-state index contributed by atoms with van der Waals surface area (Å²) in [6.07, 6.45) is -2.52. The SMILES string of the molecule is CCOc1ncccc1-c1ccc(C2(C(=O)N[C@H]3CCN(C)C3)CCN(OC(=O)C(F)(F)F)CC2)nn1. The van der Waals surface area contributed by atoms with Gasteiger partial charge < -0.3 is 19.8 Å². The van der Waals surface area contributed by atoms with E-state index < -0.39 is 17.6 Å². The zero-order valence-electron chi connectivity index (χ0n) is 20.6. The molecule has 1 atom stereocenters. The topological polar surface area (TPSA) is 110 Å². The molecule has 200 valence electrons. The minimum Gasteiger partial charge on any atom is -0.477 e. The number of likely N-dealkylation sites (N-methyl/N-ethyl adjacent to an activating group) is 1. The molecule has 10 nitrogen and oxygen atoms in total. The van der Waals surface area contributed by atoms with Crippen molar-refractivity contribution in [3.05, 3.63) is 36.2 Å². The number of piperidine rings is 1. The van der Waals surface area contributed by atoms with Crippen LogP contribution in [0.4, 0.5) is 13.2 Å². The minimum atomic E-state index is -5.10. The molecule has 2 aromatic rings. The lowest BCUT2D eigenvalue weighted by Crippen LogP contribution is -2.55. The second kappa shape index (κ2) is 11.0. The van der Waals surface area contributed by atoms with Crippen molar-refractivity contribution in [2.75, 3.05) is 39.8 Å². The number of hydrogen-bond donors (Lipinski definition) is 1. The second-order valence-electron chi connectivity index (χ2n) is 9.20. The van der Waals surface area contributed by atoms with Gasteiger partial charge in [0.1, 0.15) is 0 Å². The largest absolute Gasteiger partial charge is 0.492 e. The van der Waals surface area contributed by atoms with E-state index in [4.69, 9.17) is 4.74 Å². The van der Waals surface area contributed by atoms with Crippen molar-refractivity contribution in [1.82, 2.24) is 30.5 Å². The van der Waals surface area contributed by atoms with Gasteiger partial charge in [-0.15, -0.1) is 5.06 Å². The van der Waals surface area contributed by atoms with Crippen molar-refractivity contribution >= 4 is 11.9 Å². The molecule has 2 aliphatic rings. The molecule has 37 heavy (non-hydrogen) atoms. The number of aromatic nitrogens is 3. The number of likely N-dealkylation sites (tertiary alicyclic amines) is 1. The number of alkyl halides is 3. The molecule has 0 saturated carbocycles. The van der Waals surface area contributed by atoms with Crippen molar-refractivity contribution in [2.24, 2.45) is 0 Å². The molecule has 0 bridgehead atoms. The summed E-state index contributed by atoms with van der Waals surface area (Å²) in [6.45, 7) is 3.67. The van der Waals surface area contributed by atoms with Gasteiger partial charge in [-0.1, -0.05) is 0 Å². The number of nitrogens with zero attached hydrogens (tertiary/aromatic N) is 5. The van der Waals surface area contributed by atoms with Crippen LogP contribution in [0.1, 0.15) is 31.9 Å². The average molecular weight is 523 g/mol. The van der Waals surface area contributed by atoms with E-state index in [1.807, 2.05) is 14.0 Å². The zero-order valence-corrected chi connectivity index (χ0v) is 20.6. The number of ether oxygens (including phenoxy) is 1. The fourth-order valence-corrected chi connectivity index (χ4v) is 4.67. The van der Waals surface area contributed by atoms with Crippen LogP contribution < -0.4 is 10.1 Å². The van der Waals surface area contributed by atoms with Crippen molar-refractivity contribution in [1.29, 1.82) is 0 Å². The van der Waals surface area contributed by atoms with E-state index in [0.717, 1.165) is 18.0 Å². The third kappa shape index (κ3) is 5.99. The lowest BCUT2D eigenvalue weighted by Gasteiger charge is -2.39. The number of halogens is 3. The Hall–Kier alpha value is -3.32. The molecule has 0 unspecified atom stereocenters. The Morgan fingerprint density at radius 3 is 2.51 bits per heavy atom. The molecular formula is C24H29F3N6O4. The van der Waals surface area contributed by atoms with Gasteiger partial charge in [-0.05, 0) is 64.0 Å². The van der Waals surface area contributed by atoms with Crippen LogP contribution in [0.3, 0.4) is 0 Å². The normalized spacial score (nSPS) is 20.4. The molecule has 13 heteroatoms. The number of hydrogen-bond acceptors (Lipinski definition) is 9. The molecule has 4 heterocycles. The summed E-state index contributed by atoms with van der Waals surface area (Å²) in [5.41, 5.74) is 0.393. The first-order valence-electron chi connectivity index (χ1n) is 12.1. The third-order valence-corrected chi connectivity index (χ3v) is 6.66.